The van der Waals surface area contributed by atoms with Gasteiger partial charge in [-0.3, -0.25) is 4.79 Å². The highest BCUT2D eigenvalue weighted by atomic mass is 32.1. The number of para-hydroxylation sites is 2. The molecule has 37 heavy (non-hydrogen) atoms. The third-order valence-electron chi connectivity index (χ3n) is 6.52. The second-order valence-corrected chi connectivity index (χ2v) is 9.84. The molecule has 3 nitrogen and oxygen atoms in total. The van der Waals surface area contributed by atoms with Gasteiger partial charge in [-0.15, -0.1) is 11.3 Å². The molecule has 0 unspecified atom stereocenters. The molecule has 5 aromatic rings. The maximum absolute atomic E-state index is 12.6. The molecule has 0 aliphatic carbocycles. The normalized spacial score (nSPS) is 10.8. The lowest BCUT2D eigenvalue weighted by Crippen LogP contribution is -2.26. The zero-order chi connectivity index (χ0) is 25.6. The van der Waals surface area contributed by atoms with Gasteiger partial charge in [0.05, 0.1) is 5.69 Å². The summed E-state index contributed by atoms with van der Waals surface area (Å²) >= 11 is 1.74. The third kappa shape index (κ3) is 5.35. The second kappa shape index (κ2) is 11.3. The number of nitrogens with zero attached hydrogens (tertiary/aromatic N) is 2. The molecule has 4 aromatic carbocycles. The van der Waals surface area contributed by atoms with Gasteiger partial charge in [0.15, 0.2) is 0 Å². The molecule has 0 aliphatic rings. The molecule has 4 heteroatoms. The first-order valence-electron chi connectivity index (χ1n) is 12.7. The summed E-state index contributed by atoms with van der Waals surface area (Å²) in [5, 5.41) is 0. The summed E-state index contributed by atoms with van der Waals surface area (Å²) in [7, 11) is 0. The smallest absolute Gasteiger partial charge is 0.201 e. The topological polar surface area (TPSA) is 23.6 Å². The van der Waals surface area contributed by atoms with Crippen molar-refractivity contribution in [3.05, 3.63) is 132 Å². The van der Waals surface area contributed by atoms with Crippen LogP contribution >= 0.6 is 11.3 Å². The van der Waals surface area contributed by atoms with Gasteiger partial charge in [0.2, 0.25) is 5.43 Å². The SMILES string of the molecule is CCN(CC)c1ccc(-c2ccc(-c3ccc(N(c4ccccc4)c4ccccc4)cc3)s2)ccc1=O. The monoisotopic (exact) mass is 502 g/mol. The molecule has 0 atom stereocenters. The number of hydrogen-bond donors (Lipinski definition) is 0. The van der Waals surface area contributed by atoms with Crippen LogP contribution in [0.5, 0.6) is 0 Å². The number of thiophene rings is 1. The molecule has 0 radical (unpaired) electrons. The summed E-state index contributed by atoms with van der Waals surface area (Å²) in [6.07, 6.45) is 0. The van der Waals surface area contributed by atoms with E-state index < -0.39 is 0 Å². The van der Waals surface area contributed by atoms with E-state index in [4.69, 9.17) is 0 Å². The maximum atomic E-state index is 12.6. The molecule has 0 N–H and O–H groups in total. The molecule has 0 aliphatic heterocycles. The fraction of sp³-hybridized carbons (Fsp3) is 0.121. The summed E-state index contributed by atoms with van der Waals surface area (Å²) in [5.41, 5.74) is 6.41. The lowest BCUT2D eigenvalue weighted by molar-refractivity contribution is 0.863. The Kier molecular flexibility index (Phi) is 7.48. The summed E-state index contributed by atoms with van der Waals surface area (Å²) in [4.78, 5) is 19.4. The Labute approximate surface area is 222 Å². The van der Waals surface area contributed by atoms with Crippen LogP contribution in [0.15, 0.2) is 126 Å². The first-order chi connectivity index (χ1) is 18.2. The summed E-state index contributed by atoms with van der Waals surface area (Å²) in [5.74, 6) is 0. The highest BCUT2D eigenvalue weighted by Crippen LogP contribution is 2.38. The number of hydrogen-bond acceptors (Lipinski definition) is 4. The van der Waals surface area contributed by atoms with Crippen molar-refractivity contribution in [2.24, 2.45) is 0 Å². The van der Waals surface area contributed by atoms with E-state index in [0.29, 0.717) is 0 Å². The van der Waals surface area contributed by atoms with Gasteiger partial charge in [0.25, 0.3) is 0 Å². The average Bonchev–Trinajstić information content (AvgIpc) is 3.36. The van der Waals surface area contributed by atoms with Crippen molar-refractivity contribution in [1.82, 2.24) is 0 Å². The van der Waals surface area contributed by atoms with Crippen molar-refractivity contribution >= 4 is 34.1 Å². The molecule has 0 saturated carbocycles. The molecule has 1 heterocycles. The number of benzene rings is 3. The average molecular weight is 503 g/mol. The van der Waals surface area contributed by atoms with Gasteiger partial charge in [0, 0.05) is 39.9 Å². The van der Waals surface area contributed by atoms with Gasteiger partial charge < -0.3 is 9.80 Å². The Hall–Kier alpha value is -4.15. The first-order valence-corrected chi connectivity index (χ1v) is 13.5. The van der Waals surface area contributed by atoms with Crippen LogP contribution in [0.2, 0.25) is 0 Å². The second-order valence-electron chi connectivity index (χ2n) is 8.76. The molecule has 0 saturated heterocycles. The van der Waals surface area contributed by atoms with Crippen LogP contribution in [0, 0.1) is 0 Å². The van der Waals surface area contributed by atoms with Crippen molar-refractivity contribution in [2.45, 2.75) is 13.8 Å². The molecule has 0 spiro atoms. The Morgan fingerprint density at radius 2 is 1.00 bits per heavy atom. The van der Waals surface area contributed by atoms with E-state index in [1.807, 2.05) is 24.3 Å². The van der Waals surface area contributed by atoms with Gasteiger partial charge in [0.1, 0.15) is 0 Å². The highest BCUT2D eigenvalue weighted by molar-refractivity contribution is 7.18. The minimum absolute atomic E-state index is 0.0590. The van der Waals surface area contributed by atoms with Crippen LogP contribution in [0.4, 0.5) is 22.7 Å². The molecule has 0 bridgehead atoms. The lowest BCUT2D eigenvalue weighted by atomic mass is 10.1. The first kappa shape index (κ1) is 24.5. The van der Waals surface area contributed by atoms with Gasteiger partial charge in [-0.05, 0) is 91.7 Å². The third-order valence-corrected chi connectivity index (χ3v) is 7.70. The molecular formula is C33H30N2OS. The van der Waals surface area contributed by atoms with Crippen LogP contribution in [0.1, 0.15) is 13.8 Å². The van der Waals surface area contributed by atoms with Crippen LogP contribution in [0.3, 0.4) is 0 Å². The van der Waals surface area contributed by atoms with E-state index >= 15 is 0 Å². The molecule has 5 rings (SSSR count). The lowest BCUT2D eigenvalue weighted by Gasteiger charge is -2.25. The quantitative estimate of drug-likeness (QED) is 0.212. The largest absolute Gasteiger partial charge is 0.369 e. The van der Waals surface area contributed by atoms with E-state index in [-0.39, 0.29) is 5.43 Å². The fourth-order valence-electron chi connectivity index (χ4n) is 4.57. The molecule has 1 aromatic heterocycles. The highest BCUT2D eigenvalue weighted by Gasteiger charge is 2.13. The molecule has 0 amide bonds. The van der Waals surface area contributed by atoms with Gasteiger partial charge >= 0.3 is 0 Å². The van der Waals surface area contributed by atoms with Gasteiger partial charge in [-0.1, -0.05) is 54.6 Å². The zero-order valence-corrected chi connectivity index (χ0v) is 22.0. The van der Waals surface area contributed by atoms with Crippen molar-refractivity contribution < 1.29 is 0 Å². The zero-order valence-electron chi connectivity index (χ0n) is 21.2. The Morgan fingerprint density at radius 1 is 0.541 bits per heavy atom. The Morgan fingerprint density at radius 3 is 1.51 bits per heavy atom. The standard InChI is InChI=1S/C33H30N2OS/c1-3-34(4-2)30-21-17-26(18-22-31(30)36)33-24-23-32(37-33)25-15-19-29(20-16-25)35(27-11-7-5-8-12-27)28-13-9-6-10-14-28/h5-24H,3-4H2,1-2H3. The Balaban J connectivity index is 1.44. The fourth-order valence-corrected chi connectivity index (χ4v) is 5.59. The minimum Gasteiger partial charge on any atom is -0.369 e. The molecule has 184 valence electrons. The van der Waals surface area contributed by atoms with Crippen molar-refractivity contribution in [3.8, 4) is 20.9 Å². The Bertz CT molecular complexity index is 1470. The van der Waals surface area contributed by atoms with Crippen LogP contribution in [-0.2, 0) is 0 Å². The van der Waals surface area contributed by atoms with Crippen molar-refractivity contribution in [2.75, 3.05) is 22.9 Å². The number of anilines is 4. The molecular weight excluding hydrogens is 472 g/mol. The van der Waals surface area contributed by atoms with E-state index in [0.717, 1.165) is 46.3 Å². The maximum Gasteiger partial charge on any atom is 0.201 e. The summed E-state index contributed by atoms with van der Waals surface area (Å²) in [6, 6.07) is 41.5. The van der Waals surface area contributed by atoms with Gasteiger partial charge in [-0.25, -0.2) is 0 Å². The van der Waals surface area contributed by atoms with E-state index in [9.17, 15) is 4.79 Å². The summed E-state index contributed by atoms with van der Waals surface area (Å²) < 4.78 is 0. The van der Waals surface area contributed by atoms with Crippen LogP contribution < -0.4 is 15.2 Å². The van der Waals surface area contributed by atoms with Crippen LogP contribution in [-0.4, -0.2) is 13.1 Å². The van der Waals surface area contributed by atoms with Crippen molar-refractivity contribution in [3.63, 3.8) is 0 Å². The summed E-state index contributed by atoms with van der Waals surface area (Å²) in [6.45, 7) is 5.78. The van der Waals surface area contributed by atoms with Crippen molar-refractivity contribution in [1.29, 1.82) is 0 Å². The minimum atomic E-state index is 0.0590. The van der Waals surface area contributed by atoms with E-state index in [1.54, 1.807) is 17.4 Å². The van der Waals surface area contributed by atoms with Gasteiger partial charge in [-0.2, -0.15) is 0 Å². The predicted octanol–water partition coefficient (Wildman–Crippen LogP) is 8.76. The predicted molar refractivity (Wildman–Crippen MR) is 160 cm³/mol. The number of rotatable bonds is 8. The van der Waals surface area contributed by atoms with E-state index in [1.165, 1.54) is 10.4 Å². The van der Waals surface area contributed by atoms with E-state index in [2.05, 4.69) is 115 Å². The molecule has 0 fully saturated rings. The van der Waals surface area contributed by atoms with Crippen LogP contribution in [0.25, 0.3) is 20.9 Å².